The molecule has 1 aliphatic rings. The lowest BCUT2D eigenvalue weighted by Crippen LogP contribution is -2.49. The van der Waals surface area contributed by atoms with E-state index in [4.69, 9.17) is 0 Å². The van der Waals surface area contributed by atoms with Crippen LogP contribution in [0.1, 0.15) is 12.8 Å². The molecule has 9 nitrogen and oxygen atoms in total. The van der Waals surface area contributed by atoms with Crippen LogP contribution in [0.25, 0.3) is 0 Å². The second-order valence-electron chi connectivity index (χ2n) is 5.35. The molecule has 0 aliphatic carbocycles. The van der Waals surface area contributed by atoms with Crippen molar-refractivity contribution in [3.63, 3.8) is 0 Å². The second kappa shape index (κ2) is 8.06. The number of rotatable bonds is 6. The number of nitrogens with one attached hydrogen (secondary N) is 3. The van der Waals surface area contributed by atoms with Crippen LogP contribution in [0.15, 0.2) is 18.6 Å². The van der Waals surface area contributed by atoms with Crippen LogP contribution in [0, 0.1) is 0 Å². The van der Waals surface area contributed by atoms with Gasteiger partial charge in [0.05, 0.1) is 12.5 Å². The summed E-state index contributed by atoms with van der Waals surface area (Å²) in [5.41, 5.74) is 0. The maximum absolute atomic E-state index is 11.8. The molecule has 0 aromatic carbocycles. The third-order valence-corrected chi connectivity index (χ3v) is 4.84. The van der Waals surface area contributed by atoms with Crippen LogP contribution in [0.4, 0.5) is 10.6 Å². The molecule has 1 aliphatic heterocycles. The van der Waals surface area contributed by atoms with Crippen LogP contribution in [0.3, 0.4) is 0 Å². The molecule has 0 unspecified atom stereocenters. The SMILES string of the molecule is CS(=O)(=O)N1CCC(NC(=O)NCCNc2cnccn2)CC1. The fraction of sp³-hybridized carbons (Fsp3) is 0.615. The highest BCUT2D eigenvalue weighted by Gasteiger charge is 2.25. The predicted molar refractivity (Wildman–Crippen MR) is 86.5 cm³/mol. The van der Waals surface area contributed by atoms with Crippen LogP contribution in [0.2, 0.25) is 0 Å². The Morgan fingerprint density at radius 1 is 1.30 bits per heavy atom. The Hall–Kier alpha value is -1.94. The molecule has 1 aromatic rings. The lowest BCUT2D eigenvalue weighted by Gasteiger charge is -2.30. The van der Waals surface area contributed by atoms with Gasteiger partial charge in [-0.1, -0.05) is 0 Å². The molecule has 2 rings (SSSR count). The van der Waals surface area contributed by atoms with Crippen LogP contribution in [-0.4, -0.2) is 67.2 Å². The highest BCUT2D eigenvalue weighted by Crippen LogP contribution is 2.12. The van der Waals surface area contributed by atoms with Crippen LogP contribution >= 0.6 is 0 Å². The summed E-state index contributed by atoms with van der Waals surface area (Å²) in [5, 5.41) is 8.65. The van der Waals surface area contributed by atoms with Crippen molar-refractivity contribution >= 4 is 21.9 Å². The summed E-state index contributed by atoms with van der Waals surface area (Å²) in [4.78, 5) is 19.8. The molecule has 0 radical (unpaired) electrons. The van der Waals surface area contributed by atoms with E-state index in [0.717, 1.165) is 0 Å². The number of hydrogen-bond donors (Lipinski definition) is 3. The zero-order valence-electron chi connectivity index (χ0n) is 13.0. The van der Waals surface area contributed by atoms with Crippen molar-refractivity contribution in [1.82, 2.24) is 24.9 Å². The van der Waals surface area contributed by atoms with Gasteiger partial charge in [0, 0.05) is 44.6 Å². The van der Waals surface area contributed by atoms with Gasteiger partial charge in [-0.25, -0.2) is 22.5 Å². The van der Waals surface area contributed by atoms with Gasteiger partial charge in [-0.2, -0.15) is 0 Å². The van der Waals surface area contributed by atoms with E-state index in [1.165, 1.54) is 10.6 Å². The Labute approximate surface area is 135 Å². The summed E-state index contributed by atoms with van der Waals surface area (Å²) in [6.45, 7) is 1.87. The number of amides is 2. The van der Waals surface area contributed by atoms with Crippen molar-refractivity contribution in [3.8, 4) is 0 Å². The number of carbonyl (C=O) groups excluding carboxylic acids is 1. The molecule has 2 amide bonds. The minimum atomic E-state index is -3.14. The van der Waals surface area contributed by atoms with Crippen molar-refractivity contribution < 1.29 is 13.2 Å². The van der Waals surface area contributed by atoms with E-state index >= 15 is 0 Å². The lowest BCUT2D eigenvalue weighted by molar-refractivity contribution is 0.228. The number of carbonyl (C=O) groups is 1. The van der Waals surface area contributed by atoms with Gasteiger partial charge in [0.1, 0.15) is 5.82 Å². The summed E-state index contributed by atoms with van der Waals surface area (Å²) >= 11 is 0. The Balaban J connectivity index is 1.60. The molecular weight excluding hydrogens is 320 g/mol. The molecule has 2 heterocycles. The van der Waals surface area contributed by atoms with Crippen molar-refractivity contribution in [2.75, 3.05) is 37.8 Å². The highest BCUT2D eigenvalue weighted by molar-refractivity contribution is 7.88. The minimum absolute atomic E-state index is 0.000879. The molecule has 1 fully saturated rings. The molecule has 0 saturated carbocycles. The Morgan fingerprint density at radius 2 is 2.04 bits per heavy atom. The average molecular weight is 342 g/mol. The summed E-state index contributed by atoms with van der Waals surface area (Å²) in [6, 6.07) is -0.246. The Kier molecular flexibility index (Phi) is 6.11. The van der Waals surface area contributed by atoms with Gasteiger partial charge in [0.15, 0.2) is 0 Å². The van der Waals surface area contributed by atoms with Crippen molar-refractivity contribution in [3.05, 3.63) is 18.6 Å². The smallest absolute Gasteiger partial charge is 0.315 e. The summed E-state index contributed by atoms with van der Waals surface area (Å²) in [6.07, 6.45) is 7.24. The molecule has 3 N–H and O–H groups in total. The van der Waals surface area contributed by atoms with E-state index < -0.39 is 10.0 Å². The minimum Gasteiger partial charge on any atom is -0.367 e. The number of hydrogen-bond acceptors (Lipinski definition) is 6. The number of nitrogens with zero attached hydrogens (tertiary/aromatic N) is 3. The number of piperidine rings is 1. The largest absolute Gasteiger partial charge is 0.367 e. The first-order valence-electron chi connectivity index (χ1n) is 7.44. The fourth-order valence-electron chi connectivity index (χ4n) is 2.33. The van der Waals surface area contributed by atoms with E-state index in [9.17, 15) is 13.2 Å². The first-order chi connectivity index (χ1) is 10.9. The zero-order valence-corrected chi connectivity index (χ0v) is 13.8. The predicted octanol–water partition coefficient (Wildman–Crippen LogP) is -0.388. The summed E-state index contributed by atoms with van der Waals surface area (Å²) in [5.74, 6) is 0.655. The van der Waals surface area contributed by atoms with Crippen LogP contribution in [-0.2, 0) is 10.0 Å². The molecule has 0 spiro atoms. The Bertz CT molecular complexity index is 601. The second-order valence-corrected chi connectivity index (χ2v) is 7.34. The first-order valence-corrected chi connectivity index (χ1v) is 9.29. The molecule has 0 atom stereocenters. The molecule has 1 saturated heterocycles. The number of sulfonamides is 1. The Morgan fingerprint density at radius 3 is 2.65 bits per heavy atom. The first kappa shape index (κ1) is 17.4. The van der Waals surface area contributed by atoms with Crippen molar-refractivity contribution in [1.29, 1.82) is 0 Å². The lowest BCUT2D eigenvalue weighted by atomic mass is 10.1. The van der Waals surface area contributed by atoms with E-state index in [1.54, 1.807) is 18.6 Å². The third kappa shape index (κ3) is 5.99. The van der Waals surface area contributed by atoms with E-state index in [1.807, 2.05) is 0 Å². The van der Waals surface area contributed by atoms with E-state index in [0.29, 0.717) is 44.8 Å². The topological polar surface area (TPSA) is 116 Å². The molecule has 10 heteroatoms. The molecular formula is C13H22N6O3S. The average Bonchev–Trinajstić information content (AvgIpc) is 2.52. The fourth-order valence-corrected chi connectivity index (χ4v) is 3.20. The monoisotopic (exact) mass is 342 g/mol. The number of anilines is 1. The van der Waals surface area contributed by atoms with Gasteiger partial charge in [0.2, 0.25) is 10.0 Å². The standard InChI is InChI=1S/C13H22N6O3S/c1-23(21,22)19-8-2-11(3-9-19)18-13(20)17-7-6-16-12-10-14-4-5-15-12/h4-5,10-11H,2-3,6-9H2,1H3,(H,15,16)(H2,17,18,20). The number of urea groups is 1. The van der Waals surface area contributed by atoms with Gasteiger partial charge in [0.25, 0.3) is 0 Å². The quantitative estimate of drug-likeness (QED) is 0.607. The maximum atomic E-state index is 11.8. The normalized spacial score (nSPS) is 16.7. The van der Waals surface area contributed by atoms with Gasteiger partial charge in [-0.05, 0) is 12.8 Å². The van der Waals surface area contributed by atoms with Gasteiger partial charge < -0.3 is 16.0 Å². The van der Waals surface area contributed by atoms with Crippen LogP contribution in [0.5, 0.6) is 0 Å². The molecule has 23 heavy (non-hydrogen) atoms. The molecule has 0 bridgehead atoms. The van der Waals surface area contributed by atoms with Crippen LogP contribution < -0.4 is 16.0 Å². The number of aromatic nitrogens is 2. The molecule has 1 aromatic heterocycles. The van der Waals surface area contributed by atoms with Crippen molar-refractivity contribution in [2.45, 2.75) is 18.9 Å². The van der Waals surface area contributed by atoms with E-state index in [2.05, 4.69) is 25.9 Å². The third-order valence-electron chi connectivity index (χ3n) is 3.54. The van der Waals surface area contributed by atoms with Crippen molar-refractivity contribution in [2.24, 2.45) is 0 Å². The maximum Gasteiger partial charge on any atom is 0.315 e. The summed E-state index contributed by atoms with van der Waals surface area (Å²) < 4.78 is 24.3. The molecule has 128 valence electrons. The summed E-state index contributed by atoms with van der Waals surface area (Å²) in [7, 11) is -3.14. The van der Waals surface area contributed by atoms with E-state index in [-0.39, 0.29) is 12.1 Å². The highest BCUT2D eigenvalue weighted by atomic mass is 32.2. The van der Waals surface area contributed by atoms with Gasteiger partial charge in [-0.15, -0.1) is 0 Å². The van der Waals surface area contributed by atoms with Gasteiger partial charge >= 0.3 is 6.03 Å². The zero-order chi connectivity index (χ0) is 16.7. The van der Waals surface area contributed by atoms with Gasteiger partial charge in [-0.3, -0.25) is 4.98 Å².